The van der Waals surface area contributed by atoms with Crippen molar-refractivity contribution in [3.8, 4) is 0 Å². The Morgan fingerprint density at radius 3 is 2.37 bits per heavy atom. The van der Waals surface area contributed by atoms with E-state index in [1.807, 2.05) is 51.4 Å². The lowest BCUT2D eigenvalue weighted by molar-refractivity contribution is 0.0942. The summed E-state index contributed by atoms with van der Waals surface area (Å²) in [5.41, 5.74) is 1.58. The number of hydrogen-bond donors (Lipinski definition) is 1. The number of carbonyl (C=O) groups excluding carboxylic acids is 1. The zero-order valence-electron chi connectivity index (χ0n) is 17.9. The van der Waals surface area contributed by atoms with Crippen molar-refractivity contribution in [2.24, 2.45) is 0 Å². The second kappa shape index (κ2) is 9.73. The number of rotatable bonds is 7. The number of nitrogens with zero attached hydrogens (tertiary/aromatic N) is 2. The fourth-order valence-corrected chi connectivity index (χ4v) is 5.61. The summed E-state index contributed by atoms with van der Waals surface area (Å²) in [6.45, 7) is 2.96. The number of benzene rings is 2. The second-order valence-corrected chi connectivity index (χ2v) is 9.98. The molecule has 162 valence electrons. The summed E-state index contributed by atoms with van der Waals surface area (Å²) in [7, 11) is 0.423. The Morgan fingerprint density at radius 1 is 1.10 bits per heavy atom. The fraction of sp³-hybridized carbons (Fsp3) is 0.435. The molecule has 0 aliphatic carbocycles. The van der Waals surface area contributed by atoms with Crippen molar-refractivity contribution in [3.63, 3.8) is 0 Å². The van der Waals surface area contributed by atoms with E-state index in [9.17, 15) is 13.2 Å². The zero-order chi connectivity index (χ0) is 21.7. The molecule has 0 aromatic heterocycles. The predicted molar refractivity (Wildman–Crippen MR) is 119 cm³/mol. The normalized spacial score (nSPS) is 18.9. The number of hydrogen-bond acceptors (Lipinski definition) is 4. The molecule has 1 aliphatic heterocycles. The van der Waals surface area contributed by atoms with Gasteiger partial charge in [0.15, 0.2) is 0 Å². The highest BCUT2D eigenvalue weighted by molar-refractivity contribution is 7.89. The molecular weight excluding hydrogens is 398 g/mol. The number of likely N-dealkylation sites (N-methyl/N-ethyl adjacent to an activating group) is 1. The molecule has 2 unspecified atom stereocenters. The number of sulfonamides is 1. The number of nitrogens with one attached hydrogen (secondary N) is 1. The van der Waals surface area contributed by atoms with Gasteiger partial charge in [-0.15, -0.1) is 0 Å². The molecule has 7 heteroatoms. The third-order valence-corrected chi connectivity index (χ3v) is 7.76. The summed E-state index contributed by atoms with van der Waals surface area (Å²) in [4.78, 5) is 14.9. The van der Waals surface area contributed by atoms with Crippen LogP contribution in [0.4, 0.5) is 0 Å². The molecule has 1 saturated heterocycles. The molecule has 0 spiro atoms. The summed E-state index contributed by atoms with van der Waals surface area (Å²) in [6.07, 6.45) is 2.83. The van der Waals surface area contributed by atoms with Crippen LogP contribution in [-0.2, 0) is 10.0 Å². The lowest BCUT2D eigenvalue weighted by atomic mass is 10.1. The van der Waals surface area contributed by atoms with Crippen LogP contribution in [0.25, 0.3) is 0 Å². The molecule has 1 N–H and O–H groups in total. The molecule has 1 fully saturated rings. The van der Waals surface area contributed by atoms with Crippen molar-refractivity contribution in [2.45, 2.75) is 43.2 Å². The van der Waals surface area contributed by atoms with Crippen LogP contribution in [0.15, 0.2) is 59.5 Å². The number of carbonyl (C=O) groups is 1. The molecule has 0 saturated carbocycles. The van der Waals surface area contributed by atoms with Crippen LogP contribution < -0.4 is 5.32 Å². The van der Waals surface area contributed by atoms with Crippen LogP contribution in [0, 0.1) is 0 Å². The zero-order valence-corrected chi connectivity index (χ0v) is 18.7. The monoisotopic (exact) mass is 429 g/mol. The first kappa shape index (κ1) is 22.5. The highest BCUT2D eigenvalue weighted by Crippen LogP contribution is 2.25. The van der Waals surface area contributed by atoms with Gasteiger partial charge >= 0.3 is 0 Å². The van der Waals surface area contributed by atoms with Gasteiger partial charge < -0.3 is 10.2 Å². The van der Waals surface area contributed by atoms with Gasteiger partial charge in [0.2, 0.25) is 10.0 Å². The minimum Gasteiger partial charge on any atom is -0.350 e. The first-order chi connectivity index (χ1) is 14.3. The van der Waals surface area contributed by atoms with E-state index in [1.165, 1.54) is 12.1 Å². The maximum Gasteiger partial charge on any atom is 0.251 e. The summed E-state index contributed by atoms with van der Waals surface area (Å²) in [5.74, 6) is -0.215. The highest BCUT2D eigenvalue weighted by atomic mass is 32.2. The Kier molecular flexibility index (Phi) is 7.28. The van der Waals surface area contributed by atoms with Crippen molar-refractivity contribution in [1.82, 2.24) is 14.5 Å². The Bertz CT molecular complexity index is 943. The maximum absolute atomic E-state index is 12.9. The van der Waals surface area contributed by atoms with E-state index in [4.69, 9.17) is 0 Å². The molecule has 6 nitrogen and oxygen atoms in total. The van der Waals surface area contributed by atoms with Crippen molar-refractivity contribution < 1.29 is 13.2 Å². The Balaban J connectivity index is 1.67. The van der Waals surface area contributed by atoms with Crippen molar-refractivity contribution >= 4 is 15.9 Å². The molecule has 1 amide bonds. The summed E-state index contributed by atoms with van der Waals surface area (Å²) in [6, 6.07) is 16.3. The summed E-state index contributed by atoms with van der Waals surface area (Å²) in [5, 5.41) is 2.97. The molecule has 0 radical (unpaired) electrons. The van der Waals surface area contributed by atoms with Gasteiger partial charge in [0.05, 0.1) is 10.9 Å². The van der Waals surface area contributed by atoms with Gasteiger partial charge in [0, 0.05) is 24.7 Å². The van der Waals surface area contributed by atoms with Gasteiger partial charge in [-0.2, -0.15) is 4.31 Å². The second-order valence-electron chi connectivity index (χ2n) is 8.09. The van der Waals surface area contributed by atoms with E-state index in [1.54, 1.807) is 16.4 Å². The molecule has 2 aromatic rings. The average molecular weight is 430 g/mol. The third kappa shape index (κ3) is 5.09. The minimum atomic E-state index is -3.53. The highest BCUT2D eigenvalue weighted by Gasteiger charge is 2.31. The topological polar surface area (TPSA) is 69.7 Å². The predicted octanol–water partition coefficient (Wildman–Crippen LogP) is 3.28. The van der Waals surface area contributed by atoms with E-state index < -0.39 is 10.0 Å². The summed E-state index contributed by atoms with van der Waals surface area (Å²) >= 11 is 0. The molecular formula is C23H31N3O3S. The lowest BCUT2D eigenvalue weighted by Crippen LogP contribution is -2.41. The minimum absolute atomic E-state index is 0.00711. The van der Waals surface area contributed by atoms with Gasteiger partial charge in [-0.1, -0.05) is 36.8 Å². The van der Waals surface area contributed by atoms with Crippen LogP contribution in [0.5, 0.6) is 0 Å². The van der Waals surface area contributed by atoms with Gasteiger partial charge in [-0.3, -0.25) is 4.79 Å². The average Bonchev–Trinajstić information content (AvgIpc) is 2.74. The van der Waals surface area contributed by atoms with E-state index in [-0.39, 0.29) is 22.9 Å². The van der Waals surface area contributed by atoms with Crippen molar-refractivity contribution in [3.05, 3.63) is 65.7 Å². The fourth-order valence-electron chi connectivity index (χ4n) is 3.91. The standard InChI is InChI=1S/C23H31N3O3S/c1-18-9-7-8-16-26(18)30(28,29)21-14-12-20(13-15-21)23(27)24-17-22(25(2)3)19-10-5-4-6-11-19/h4-6,10-15,18,22H,7-9,16-17H2,1-3H3,(H,24,27). The van der Waals surface area contributed by atoms with E-state index >= 15 is 0 Å². The van der Waals surface area contributed by atoms with Gasteiger partial charge in [-0.25, -0.2) is 8.42 Å². The molecule has 1 heterocycles. The van der Waals surface area contributed by atoms with Crippen molar-refractivity contribution in [2.75, 3.05) is 27.2 Å². The number of piperidine rings is 1. The Morgan fingerprint density at radius 2 is 1.77 bits per heavy atom. The van der Waals surface area contributed by atoms with E-state index in [0.717, 1.165) is 24.8 Å². The molecule has 3 rings (SSSR count). The van der Waals surface area contributed by atoms with E-state index in [0.29, 0.717) is 18.7 Å². The van der Waals surface area contributed by atoms with Crippen LogP contribution in [0.1, 0.15) is 48.1 Å². The van der Waals surface area contributed by atoms with Crippen LogP contribution >= 0.6 is 0 Å². The molecule has 2 aromatic carbocycles. The Labute approximate surface area is 179 Å². The van der Waals surface area contributed by atoms with Gasteiger partial charge in [-0.05, 0) is 63.7 Å². The van der Waals surface area contributed by atoms with Crippen LogP contribution in [-0.4, -0.2) is 56.8 Å². The first-order valence-electron chi connectivity index (χ1n) is 10.4. The largest absolute Gasteiger partial charge is 0.350 e. The molecule has 30 heavy (non-hydrogen) atoms. The lowest BCUT2D eigenvalue weighted by Gasteiger charge is -2.32. The van der Waals surface area contributed by atoms with Crippen LogP contribution in [0.2, 0.25) is 0 Å². The molecule has 1 aliphatic rings. The summed E-state index contributed by atoms with van der Waals surface area (Å²) < 4.78 is 27.5. The smallest absolute Gasteiger partial charge is 0.251 e. The number of amides is 1. The quantitative estimate of drug-likeness (QED) is 0.733. The third-order valence-electron chi connectivity index (χ3n) is 5.73. The molecule has 2 atom stereocenters. The van der Waals surface area contributed by atoms with Crippen molar-refractivity contribution in [1.29, 1.82) is 0 Å². The van der Waals surface area contributed by atoms with E-state index in [2.05, 4.69) is 10.2 Å². The SMILES string of the molecule is CC1CCCCN1S(=O)(=O)c1ccc(C(=O)NCC(c2ccccc2)N(C)C)cc1. The van der Waals surface area contributed by atoms with Gasteiger partial charge in [0.25, 0.3) is 5.91 Å². The first-order valence-corrected chi connectivity index (χ1v) is 11.9. The Hall–Kier alpha value is -2.22. The van der Waals surface area contributed by atoms with Gasteiger partial charge in [0.1, 0.15) is 0 Å². The maximum atomic E-state index is 12.9. The van der Waals surface area contributed by atoms with Crippen LogP contribution in [0.3, 0.4) is 0 Å². The molecule has 0 bridgehead atoms.